The van der Waals surface area contributed by atoms with Crippen molar-refractivity contribution in [1.29, 1.82) is 0 Å². The number of hydrogen-bond acceptors (Lipinski definition) is 4. The van der Waals surface area contributed by atoms with Crippen molar-refractivity contribution < 1.29 is 35.6 Å². The van der Waals surface area contributed by atoms with Gasteiger partial charge in [0.2, 0.25) is 0 Å². The van der Waals surface area contributed by atoms with E-state index in [9.17, 15) is 9.59 Å². The first-order valence-corrected chi connectivity index (χ1v) is 5.02. The molecule has 0 unspecified atom stereocenters. The monoisotopic (exact) mass is 260 g/mol. The average Bonchev–Trinajstić information content (AvgIpc) is 2.13. The average molecular weight is 261 g/mol. The molecule has 0 fully saturated rings. The van der Waals surface area contributed by atoms with Crippen molar-refractivity contribution in [2.75, 3.05) is 13.2 Å². The number of carbonyl (C=O) groups is 2. The number of rotatable bonds is 7. The Hall–Kier alpha value is -0.566. The van der Waals surface area contributed by atoms with Gasteiger partial charge in [-0.3, -0.25) is 9.59 Å². The summed E-state index contributed by atoms with van der Waals surface area (Å²) in [5.41, 5.74) is 0. The van der Waals surface area contributed by atoms with Crippen molar-refractivity contribution in [2.24, 2.45) is 0 Å². The van der Waals surface area contributed by atoms with E-state index in [1.165, 1.54) is 0 Å². The summed E-state index contributed by atoms with van der Waals surface area (Å²) in [7, 11) is 0. The number of ether oxygens (including phenoxy) is 2. The molecule has 15 heavy (non-hydrogen) atoms. The van der Waals surface area contributed by atoms with Crippen LogP contribution in [0.1, 0.15) is 39.5 Å². The van der Waals surface area contributed by atoms with Crippen LogP contribution in [0.3, 0.4) is 0 Å². The summed E-state index contributed by atoms with van der Waals surface area (Å²) in [5.74, 6) is -0.396. The summed E-state index contributed by atoms with van der Waals surface area (Å²) in [5, 5.41) is 0. The van der Waals surface area contributed by atoms with Gasteiger partial charge in [0.15, 0.2) is 0 Å². The molecule has 0 saturated heterocycles. The zero-order valence-corrected chi connectivity index (χ0v) is 10.2. The molecule has 0 aliphatic carbocycles. The van der Waals surface area contributed by atoms with Gasteiger partial charge in [-0.1, -0.05) is 0 Å². The predicted molar refractivity (Wildman–Crippen MR) is 51.7 cm³/mol. The van der Waals surface area contributed by atoms with E-state index in [1.807, 2.05) is 0 Å². The molecular formula is C10H18NiO4. The second-order valence-electron chi connectivity index (χ2n) is 2.82. The maximum Gasteiger partial charge on any atom is 0.305 e. The van der Waals surface area contributed by atoms with Crippen molar-refractivity contribution in [2.45, 2.75) is 39.5 Å². The molecule has 92 valence electrons. The van der Waals surface area contributed by atoms with Gasteiger partial charge in [0.1, 0.15) is 0 Å². The molecule has 0 aliphatic heterocycles. The zero-order valence-electron chi connectivity index (χ0n) is 9.19. The van der Waals surface area contributed by atoms with Crippen LogP contribution in [0.15, 0.2) is 0 Å². The fourth-order valence-electron chi connectivity index (χ4n) is 1.00. The molecular weight excluding hydrogens is 243 g/mol. The Kier molecular flexibility index (Phi) is 12.9. The Labute approximate surface area is 101 Å². The van der Waals surface area contributed by atoms with Crippen molar-refractivity contribution in [3.8, 4) is 0 Å². The topological polar surface area (TPSA) is 52.6 Å². The molecule has 5 heteroatoms. The quantitative estimate of drug-likeness (QED) is 0.397. The third-order valence-electron chi connectivity index (χ3n) is 1.62. The Balaban J connectivity index is 0. The van der Waals surface area contributed by atoms with Gasteiger partial charge in [0, 0.05) is 29.3 Å². The first kappa shape index (κ1) is 16.8. The van der Waals surface area contributed by atoms with Crippen LogP contribution in [-0.2, 0) is 35.6 Å². The molecule has 0 aliphatic rings. The van der Waals surface area contributed by atoms with E-state index in [0.717, 1.165) is 0 Å². The molecule has 0 rings (SSSR count). The van der Waals surface area contributed by atoms with Crippen LogP contribution in [0, 0.1) is 0 Å². The smallest absolute Gasteiger partial charge is 0.305 e. The van der Waals surface area contributed by atoms with E-state index in [2.05, 4.69) is 0 Å². The minimum absolute atomic E-state index is 0. The van der Waals surface area contributed by atoms with E-state index >= 15 is 0 Å². The first-order valence-electron chi connectivity index (χ1n) is 5.02. The zero-order chi connectivity index (χ0) is 10.8. The van der Waals surface area contributed by atoms with E-state index in [-0.39, 0.29) is 28.4 Å². The van der Waals surface area contributed by atoms with E-state index in [0.29, 0.717) is 38.9 Å². The Bertz CT molecular complexity index is 162. The molecule has 0 spiro atoms. The fourth-order valence-corrected chi connectivity index (χ4v) is 1.00. The SMILES string of the molecule is CCOC(=O)CCCCC(=O)OCC.[Ni]. The summed E-state index contributed by atoms with van der Waals surface area (Å²) in [6.07, 6.45) is 2.12. The molecule has 0 saturated carbocycles. The molecule has 0 amide bonds. The van der Waals surface area contributed by atoms with Crippen molar-refractivity contribution in [1.82, 2.24) is 0 Å². The van der Waals surface area contributed by atoms with Gasteiger partial charge in [-0.15, -0.1) is 0 Å². The van der Waals surface area contributed by atoms with Gasteiger partial charge >= 0.3 is 11.9 Å². The standard InChI is InChI=1S/C10H18O4.Ni/c1-3-13-9(11)7-5-6-8-10(12)14-4-2;/h3-8H2,1-2H3;. The van der Waals surface area contributed by atoms with Crippen LogP contribution in [0.4, 0.5) is 0 Å². The summed E-state index contributed by atoms with van der Waals surface area (Å²) >= 11 is 0. The Morgan fingerprint density at radius 3 is 1.47 bits per heavy atom. The minimum Gasteiger partial charge on any atom is -0.466 e. The van der Waals surface area contributed by atoms with Crippen LogP contribution in [0.5, 0.6) is 0 Å². The van der Waals surface area contributed by atoms with Gasteiger partial charge in [0.05, 0.1) is 13.2 Å². The molecule has 0 aromatic carbocycles. The number of carbonyl (C=O) groups excluding carboxylic acids is 2. The number of hydrogen-bond donors (Lipinski definition) is 0. The second kappa shape index (κ2) is 11.5. The van der Waals surface area contributed by atoms with E-state index < -0.39 is 0 Å². The van der Waals surface area contributed by atoms with Crippen LogP contribution >= 0.6 is 0 Å². The number of unbranched alkanes of at least 4 members (excludes halogenated alkanes) is 1. The normalized spacial score (nSPS) is 8.93. The molecule has 0 heterocycles. The van der Waals surface area contributed by atoms with Crippen LogP contribution in [-0.4, -0.2) is 25.2 Å². The van der Waals surface area contributed by atoms with E-state index in [4.69, 9.17) is 9.47 Å². The molecule has 0 N–H and O–H groups in total. The molecule has 0 aromatic heterocycles. The van der Waals surface area contributed by atoms with Crippen molar-refractivity contribution in [3.05, 3.63) is 0 Å². The summed E-state index contributed by atoms with van der Waals surface area (Å²) in [4.78, 5) is 21.8. The summed E-state index contributed by atoms with van der Waals surface area (Å²) in [6, 6.07) is 0. The van der Waals surface area contributed by atoms with E-state index in [1.54, 1.807) is 13.8 Å². The minimum atomic E-state index is -0.198. The van der Waals surface area contributed by atoms with Crippen molar-refractivity contribution >= 4 is 11.9 Å². The van der Waals surface area contributed by atoms with Crippen molar-refractivity contribution in [3.63, 3.8) is 0 Å². The summed E-state index contributed by atoms with van der Waals surface area (Å²) < 4.78 is 9.48. The Morgan fingerprint density at radius 2 is 1.20 bits per heavy atom. The van der Waals surface area contributed by atoms with Crippen LogP contribution in [0.2, 0.25) is 0 Å². The Morgan fingerprint density at radius 1 is 0.867 bits per heavy atom. The van der Waals surface area contributed by atoms with Gasteiger partial charge in [0.25, 0.3) is 0 Å². The third kappa shape index (κ3) is 11.4. The van der Waals surface area contributed by atoms with Gasteiger partial charge < -0.3 is 9.47 Å². The molecule has 0 atom stereocenters. The largest absolute Gasteiger partial charge is 0.466 e. The van der Waals surface area contributed by atoms with Gasteiger partial charge in [-0.05, 0) is 26.7 Å². The first-order chi connectivity index (χ1) is 6.70. The summed E-state index contributed by atoms with van der Waals surface area (Å²) in [6.45, 7) is 4.38. The maximum absolute atomic E-state index is 10.9. The molecule has 0 radical (unpaired) electrons. The molecule has 0 bridgehead atoms. The molecule has 0 aromatic rings. The number of esters is 2. The van der Waals surface area contributed by atoms with Gasteiger partial charge in [-0.2, -0.15) is 0 Å². The molecule has 4 nitrogen and oxygen atoms in total. The fraction of sp³-hybridized carbons (Fsp3) is 0.800. The van der Waals surface area contributed by atoms with Crippen LogP contribution in [0.25, 0.3) is 0 Å². The third-order valence-corrected chi connectivity index (χ3v) is 1.62. The second-order valence-corrected chi connectivity index (χ2v) is 2.82. The van der Waals surface area contributed by atoms with Crippen LogP contribution < -0.4 is 0 Å². The predicted octanol–water partition coefficient (Wildman–Crippen LogP) is 1.67. The maximum atomic E-state index is 10.9. The van der Waals surface area contributed by atoms with Gasteiger partial charge in [-0.25, -0.2) is 0 Å².